The van der Waals surface area contributed by atoms with Gasteiger partial charge in [0.2, 0.25) is 0 Å². The Bertz CT molecular complexity index is 1360. The third-order valence-corrected chi connectivity index (χ3v) is 5.45. The molecule has 0 saturated heterocycles. The summed E-state index contributed by atoms with van der Waals surface area (Å²) in [4.78, 5) is 16.9. The smallest absolute Gasteiger partial charge is 0.302 e. The number of alkyl halides is 3. The van der Waals surface area contributed by atoms with Gasteiger partial charge < -0.3 is 5.32 Å². The van der Waals surface area contributed by atoms with Gasteiger partial charge in [-0.2, -0.15) is 23.4 Å². The van der Waals surface area contributed by atoms with Crippen LogP contribution in [0.15, 0.2) is 42.6 Å². The van der Waals surface area contributed by atoms with Crippen molar-refractivity contribution >= 4 is 29.0 Å². The molecule has 1 aliphatic carbocycles. The van der Waals surface area contributed by atoms with Crippen molar-refractivity contribution in [2.75, 3.05) is 5.32 Å². The first-order chi connectivity index (χ1) is 15.7. The number of carbonyl (C=O) groups excluding carboxylic acids is 1. The minimum Gasteiger partial charge on any atom is -0.302 e. The van der Waals surface area contributed by atoms with Gasteiger partial charge in [0.05, 0.1) is 6.54 Å². The largest absolute Gasteiger partial charge is 0.433 e. The number of nitrogens with zero attached hydrogens (tertiary/aromatic N) is 5. The Morgan fingerprint density at radius 2 is 1.88 bits per heavy atom. The van der Waals surface area contributed by atoms with Gasteiger partial charge in [0.1, 0.15) is 16.5 Å². The second-order valence-electron chi connectivity index (χ2n) is 7.74. The van der Waals surface area contributed by atoms with E-state index >= 15 is 0 Å². The van der Waals surface area contributed by atoms with E-state index in [1.54, 1.807) is 12.1 Å². The highest BCUT2D eigenvalue weighted by Crippen LogP contribution is 2.41. The Labute approximate surface area is 189 Å². The van der Waals surface area contributed by atoms with Crippen molar-refractivity contribution in [3.63, 3.8) is 0 Å². The summed E-state index contributed by atoms with van der Waals surface area (Å²) >= 11 is 6.15. The van der Waals surface area contributed by atoms with E-state index in [0.717, 1.165) is 24.5 Å². The number of aromatic nitrogens is 5. The molecule has 4 aromatic rings. The molecule has 3 aromatic heterocycles. The van der Waals surface area contributed by atoms with Crippen LogP contribution in [0.25, 0.3) is 5.65 Å². The number of nitrogens with one attached hydrogen (secondary N) is 1. The Kier molecular flexibility index (Phi) is 5.08. The molecule has 0 spiro atoms. The molecule has 1 aromatic carbocycles. The number of fused-ring (bicyclic) bond motifs is 1. The lowest BCUT2D eigenvalue weighted by molar-refractivity contribution is -0.142. The molecule has 170 valence electrons. The van der Waals surface area contributed by atoms with Crippen molar-refractivity contribution in [1.29, 1.82) is 0 Å². The summed E-state index contributed by atoms with van der Waals surface area (Å²) in [6, 6.07) is 7.96. The zero-order valence-electron chi connectivity index (χ0n) is 16.8. The van der Waals surface area contributed by atoms with Crippen molar-refractivity contribution in [2.45, 2.75) is 31.5 Å². The number of benzene rings is 1. The first-order valence-electron chi connectivity index (χ1n) is 9.94. The van der Waals surface area contributed by atoms with Crippen LogP contribution in [0.1, 0.15) is 46.2 Å². The van der Waals surface area contributed by atoms with Gasteiger partial charge in [0, 0.05) is 23.9 Å². The number of carbonyl (C=O) groups is 1. The Hall–Kier alpha value is -3.47. The van der Waals surface area contributed by atoms with E-state index in [1.807, 2.05) is 0 Å². The van der Waals surface area contributed by atoms with Crippen LogP contribution < -0.4 is 5.32 Å². The molecule has 0 atom stereocenters. The molecule has 1 aliphatic rings. The minimum atomic E-state index is -4.66. The van der Waals surface area contributed by atoms with Gasteiger partial charge >= 0.3 is 6.18 Å². The van der Waals surface area contributed by atoms with E-state index in [1.165, 1.54) is 29.1 Å². The van der Waals surface area contributed by atoms with Crippen LogP contribution in [0.3, 0.4) is 0 Å². The van der Waals surface area contributed by atoms with Crippen LogP contribution in [0.5, 0.6) is 0 Å². The molecule has 0 bridgehead atoms. The standard InChI is InChI=1S/C21H15ClF4N6O/c22-14-10-31(9-11-1-5-13(23)6-2-11)30-19(14)28-20(33)16-8-18-27-15(12-3-4-12)7-17(21(24,25)26)32(18)29-16/h1-2,5-8,10,12H,3-4,9H2,(H,28,30,33). The Balaban J connectivity index is 1.40. The van der Waals surface area contributed by atoms with Crippen LogP contribution >= 0.6 is 11.6 Å². The van der Waals surface area contributed by atoms with Crippen LogP contribution in [-0.2, 0) is 12.7 Å². The summed E-state index contributed by atoms with van der Waals surface area (Å²) in [5.41, 5.74) is -0.222. The summed E-state index contributed by atoms with van der Waals surface area (Å²) in [5, 5.41) is 10.6. The first kappa shape index (κ1) is 21.4. The third-order valence-electron chi connectivity index (χ3n) is 5.17. The third kappa shape index (κ3) is 4.40. The summed E-state index contributed by atoms with van der Waals surface area (Å²) in [6.45, 7) is 0.271. The van der Waals surface area contributed by atoms with E-state index < -0.39 is 17.8 Å². The van der Waals surface area contributed by atoms with Crippen molar-refractivity contribution in [3.8, 4) is 0 Å². The number of rotatable bonds is 5. The average molecular weight is 479 g/mol. The van der Waals surface area contributed by atoms with Crippen LogP contribution in [0.2, 0.25) is 5.02 Å². The maximum atomic E-state index is 13.6. The molecular formula is C21H15ClF4N6O. The molecular weight excluding hydrogens is 464 g/mol. The van der Waals surface area contributed by atoms with Crippen LogP contribution in [-0.4, -0.2) is 30.3 Å². The van der Waals surface area contributed by atoms with Gasteiger partial charge in [0.15, 0.2) is 17.2 Å². The van der Waals surface area contributed by atoms with E-state index in [4.69, 9.17) is 11.6 Å². The van der Waals surface area contributed by atoms with Gasteiger partial charge in [0.25, 0.3) is 5.91 Å². The van der Waals surface area contributed by atoms with E-state index in [-0.39, 0.29) is 40.5 Å². The summed E-state index contributed by atoms with van der Waals surface area (Å²) < 4.78 is 55.8. The van der Waals surface area contributed by atoms with E-state index in [2.05, 4.69) is 20.5 Å². The molecule has 1 amide bonds. The molecule has 5 rings (SSSR count). The quantitative estimate of drug-likeness (QED) is 0.413. The zero-order chi connectivity index (χ0) is 23.3. The molecule has 1 N–H and O–H groups in total. The van der Waals surface area contributed by atoms with E-state index in [0.29, 0.717) is 10.2 Å². The van der Waals surface area contributed by atoms with Crippen LogP contribution in [0.4, 0.5) is 23.4 Å². The molecule has 7 nitrogen and oxygen atoms in total. The van der Waals surface area contributed by atoms with Gasteiger partial charge in [-0.25, -0.2) is 13.9 Å². The number of anilines is 1. The first-order valence-corrected chi connectivity index (χ1v) is 10.3. The lowest BCUT2D eigenvalue weighted by Gasteiger charge is -2.10. The van der Waals surface area contributed by atoms with Gasteiger partial charge in [-0.15, -0.1) is 0 Å². The summed E-state index contributed by atoms with van der Waals surface area (Å²) in [7, 11) is 0. The lowest BCUT2D eigenvalue weighted by atomic mass is 10.2. The summed E-state index contributed by atoms with van der Waals surface area (Å²) in [5.74, 6) is -1.14. The maximum Gasteiger partial charge on any atom is 0.433 e. The predicted octanol–water partition coefficient (Wildman–Crippen LogP) is 4.92. The predicted molar refractivity (Wildman–Crippen MR) is 111 cm³/mol. The highest BCUT2D eigenvalue weighted by Gasteiger charge is 2.37. The van der Waals surface area contributed by atoms with Crippen LogP contribution in [0, 0.1) is 5.82 Å². The second-order valence-corrected chi connectivity index (χ2v) is 8.15. The van der Waals surface area contributed by atoms with Crippen molar-refractivity contribution in [2.24, 2.45) is 0 Å². The number of amides is 1. The zero-order valence-corrected chi connectivity index (χ0v) is 17.5. The molecule has 33 heavy (non-hydrogen) atoms. The number of halogens is 5. The molecule has 0 aliphatic heterocycles. The van der Waals surface area contributed by atoms with E-state index in [9.17, 15) is 22.4 Å². The monoisotopic (exact) mass is 478 g/mol. The van der Waals surface area contributed by atoms with Crippen molar-refractivity contribution < 1.29 is 22.4 Å². The number of hydrogen-bond donors (Lipinski definition) is 1. The fourth-order valence-corrected chi connectivity index (χ4v) is 3.60. The molecule has 1 fully saturated rings. The Morgan fingerprint density at radius 1 is 1.15 bits per heavy atom. The van der Waals surface area contributed by atoms with Gasteiger partial charge in [-0.1, -0.05) is 23.7 Å². The minimum absolute atomic E-state index is 0.00726. The molecule has 12 heteroatoms. The average Bonchev–Trinajstić information content (AvgIpc) is 3.42. The maximum absolute atomic E-state index is 13.6. The lowest BCUT2D eigenvalue weighted by Crippen LogP contribution is -2.16. The van der Waals surface area contributed by atoms with Crippen molar-refractivity contribution in [3.05, 3.63) is 76.1 Å². The molecule has 0 radical (unpaired) electrons. The highest BCUT2D eigenvalue weighted by atomic mass is 35.5. The Morgan fingerprint density at radius 3 is 2.55 bits per heavy atom. The topological polar surface area (TPSA) is 77.1 Å². The number of hydrogen-bond acceptors (Lipinski definition) is 4. The fraction of sp³-hybridized carbons (Fsp3) is 0.238. The second kappa shape index (κ2) is 7.84. The van der Waals surface area contributed by atoms with Crippen molar-refractivity contribution in [1.82, 2.24) is 24.4 Å². The normalized spacial score (nSPS) is 14.1. The molecule has 1 saturated carbocycles. The highest BCUT2D eigenvalue weighted by molar-refractivity contribution is 6.33. The fourth-order valence-electron chi connectivity index (χ4n) is 3.41. The molecule has 3 heterocycles. The van der Waals surface area contributed by atoms with Gasteiger partial charge in [-0.3, -0.25) is 9.48 Å². The summed E-state index contributed by atoms with van der Waals surface area (Å²) in [6.07, 6.45) is -1.63. The SMILES string of the molecule is O=C(Nc1nn(Cc2ccc(F)cc2)cc1Cl)c1cc2nc(C3CC3)cc(C(F)(F)F)n2n1. The molecule has 0 unspecified atom stereocenters. The van der Waals surface area contributed by atoms with Gasteiger partial charge in [-0.05, 0) is 36.6 Å².